The first-order chi connectivity index (χ1) is 17.6. The number of benzene rings is 1. The van der Waals surface area contributed by atoms with Crippen molar-refractivity contribution in [1.82, 2.24) is 20.9 Å². The van der Waals surface area contributed by atoms with Gasteiger partial charge < -0.3 is 21.1 Å². The number of aliphatic hydroxyl groups is 1. The lowest BCUT2D eigenvalue weighted by Crippen LogP contribution is -2.61. The number of alkyl halides is 3. The van der Waals surface area contributed by atoms with E-state index in [-0.39, 0.29) is 35.8 Å². The van der Waals surface area contributed by atoms with E-state index in [1.54, 1.807) is 12.4 Å². The van der Waals surface area contributed by atoms with Gasteiger partial charge in [-0.15, -0.1) is 0 Å². The summed E-state index contributed by atoms with van der Waals surface area (Å²) >= 11 is 0. The molecule has 0 spiro atoms. The van der Waals surface area contributed by atoms with Gasteiger partial charge in [-0.2, -0.15) is 13.2 Å². The molecule has 1 aliphatic heterocycles. The lowest BCUT2D eigenvalue weighted by Gasteiger charge is -2.49. The number of halogens is 3. The van der Waals surface area contributed by atoms with Crippen molar-refractivity contribution in [1.29, 1.82) is 0 Å². The Kier molecular flexibility index (Phi) is 6.74. The molecule has 0 radical (unpaired) electrons. The molecule has 3 atom stereocenters. The van der Waals surface area contributed by atoms with Gasteiger partial charge in [0.1, 0.15) is 0 Å². The van der Waals surface area contributed by atoms with E-state index in [2.05, 4.69) is 20.9 Å². The Labute approximate surface area is 213 Å². The third-order valence-electron chi connectivity index (χ3n) is 8.40. The molecule has 2 heterocycles. The van der Waals surface area contributed by atoms with Crippen LogP contribution < -0.4 is 16.0 Å². The maximum atomic E-state index is 13.0. The lowest BCUT2D eigenvalue weighted by molar-refractivity contribution is -0.137. The Balaban J connectivity index is 1.26. The number of pyridine rings is 1. The zero-order valence-corrected chi connectivity index (χ0v) is 20.4. The first-order valence-electron chi connectivity index (χ1n) is 12.7. The van der Waals surface area contributed by atoms with Gasteiger partial charge in [0, 0.05) is 30.1 Å². The molecule has 2 amide bonds. The molecule has 2 saturated carbocycles. The van der Waals surface area contributed by atoms with Crippen molar-refractivity contribution in [2.45, 2.75) is 49.4 Å². The minimum Gasteiger partial charge on any atom is -0.385 e. The summed E-state index contributed by atoms with van der Waals surface area (Å²) in [5.41, 5.74) is -1.68. The summed E-state index contributed by atoms with van der Waals surface area (Å²) in [4.78, 5) is 29.6. The van der Waals surface area contributed by atoms with E-state index in [1.165, 1.54) is 12.1 Å². The van der Waals surface area contributed by atoms with Gasteiger partial charge in [-0.3, -0.25) is 14.6 Å². The average Bonchev–Trinajstić information content (AvgIpc) is 3.45. The summed E-state index contributed by atoms with van der Waals surface area (Å²) in [5.74, 6) is -0.481. The summed E-state index contributed by atoms with van der Waals surface area (Å²) in [6, 6.07) is 7.87. The van der Waals surface area contributed by atoms with Crippen molar-refractivity contribution in [3.05, 3.63) is 65.5 Å². The van der Waals surface area contributed by atoms with Crippen LogP contribution in [0.3, 0.4) is 0 Å². The van der Waals surface area contributed by atoms with E-state index >= 15 is 0 Å². The highest BCUT2D eigenvalue weighted by Gasteiger charge is 2.57. The standard InChI is InChI=1S/C27H31F3N4O3/c28-27(29,30)20-4-1-3-17(11-20)24(36)33-15-22(35)34-25(8-10-32-16-25)23-18-6-7-19(23)13-26(37,12-18)21-5-2-9-31-14-21/h1-5,9,11,14,18-19,23,32,37H,6-8,10,12-13,15-16H2,(H,33,36)(H,34,35)/t18?,19?,23?,25-,26?/m0/s1. The number of nitrogens with zero attached hydrogens (tertiary/aromatic N) is 1. The van der Waals surface area contributed by atoms with Gasteiger partial charge in [0.05, 0.1) is 23.2 Å². The van der Waals surface area contributed by atoms with Gasteiger partial charge in [0.2, 0.25) is 5.91 Å². The van der Waals surface area contributed by atoms with Crippen molar-refractivity contribution >= 4 is 11.8 Å². The molecule has 4 N–H and O–H groups in total. The maximum absolute atomic E-state index is 13.0. The predicted octanol–water partition coefficient (Wildman–Crippen LogP) is 3.00. The number of fused-ring (bicyclic) bond motifs is 2. The molecule has 3 aliphatic rings. The van der Waals surface area contributed by atoms with Crippen LogP contribution in [0.5, 0.6) is 0 Å². The molecular weight excluding hydrogens is 485 g/mol. The Morgan fingerprint density at radius 3 is 2.51 bits per heavy atom. The van der Waals surface area contributed by atoms with Crippen molar-refractivity contribution in [3.8, 4) is 0 Å². The van der Waals surface area contributed by atoms with Crippen LogP contribution in [0.2, 0.25) is 0 Å². The zero-order valence-electron chi connectivity index (χ0n) is 20.4. The van der Waals surface area contributed by atoms with Crippen LogP contribution in [0, 0.1) is 17.8 Å². The first-order valence-corrected chi connectivity index (χ1v) is 12.7. The summed E-state index contributed by atoms with van der Waals surface area (Å²) in [6.07, 6.45) is 2.74. The van der Waals surface area contributed by atoms with Crippen molar-refractivity contribution in [3.63, 3.8) is 0 Å². The normalized spacial score (nSPS) is 31.2. The summed E-state index contributed by atoms with van der Waals surface area (Å²) in [6.45, 7) is 1.02. The number of nitrogens with one attached hydrogen (secondary N) is 3. The molecule has 10 heteroatoms. The topological polar surface area (TPSA) is 103 Å². The Morgan fingerprint density at radius 1 is 1.14 bits per heavy atom. The van der Waals surface area contributed by atoms with E-state index in [1.807, 2.05) is 12.1 Å². The number of amides is 2. The quantitative estimate of drug-likeness (QED) is 0.473. The molecule has 1 aromatic heterocycles. The summed E-state index contributed by atoms with van der Waals surface area (Å²) < 4.78 is 39.0. The first kappa shape index (κ1) is 25.7. The summed E-state index contributed by atoms with van der Waals surface area (Å²) in [5, 5.41) is 20.5. The molecule has 7 nitrogen and oxygen atoms in total. The van der Waals surface area contributed by atoms with Gasteiger partial charge in [-0.25, -0.2) is 0 Å². The van der Waals surface area contributed by atoms with E-state index < -0.39 is 28.8 Å². The molecule has 3 fully saturated rings. The average molecular weight is 517 g/mol. The smallest absolute Gasteiger partial charge is 0.385 e. The molecule has 2 aromatic rings. The molecular formula is C27H31F3N4O3. The molecule has 198 valence electrons. The third-order valence-corrected chi connectivity index (χ3v) is 8.40. The highest BCUT2D eigenvalue weighted by atomic mass is 19.4. The van der Waals surface area contributed by atoms with Crippen LogP contribution in [0.25, 0.3) is 0 Å². The van der Waals surface area contributed by atoms with Crippen molar-refractivity contribution in [2.75, 3.05) is 19.6 Å². The number of aromatic nitrogens is 1. The van der Waals surface area contributed by atoms with E-state index in [4.69, 9.17) is 0 Å². The molecule has 37 heavy (non-hydrogen) atoms. The Bertz CT molecular complexity index is 1140. The van der Waals surface area contributed by atoms with Gasteiger partial charge in [-0.05, 0) is 80.7 Å². The molecule has 1 saturated heterocycles. The second kappa shape index (κ2) is 9.72. The fourth-order valence-corrected chi connectivity index (χ4v) is 6.96. The number of hydrogen-bond acceptors (Lipinski definition) is 5. The Morgan fingerprint density at radius 2 is 1.89 bits per heavy atom. The maximum Gasteiger partial charge on any atom is 0.416 e. The van der Waals surface area contributed by atoms with Crippen LogP contribution in [0.15, 0.2) is 48.8 Å². The fraction of sp³-hybridized carbons (Fsp3) is 0.519. The highest BCUT2D eigenvalue weighted by molar-refractivity contribution is 5.96. The van der Waals surface area contributed by atoms with Gasteiger partial charge in [0.25, 0.3) is 5.91 Å². The molecule has 5 rings (SSSR count). The second-order valence-corrected chi connectivity index (χ2v) is 10.7. The SMILES string of the molecule is O=C(CNC(=O)c1cccc(C(F)(F)F)c1)N[C@@]1(C2C3CCC2CC(O)(c2cccnc2)C3)CCNC1. The number of rotatable bonds is 6. The van der Waals surface area contributed by atoms with Crippen molar-refractivity contribution in [2.24, 2.45) is 17.8 Å². The van der Waals surface area contributed by atoms with Gasteiger partial charge in [0.15, 0.2) is 0 Å². The zero-order chi connectivity index (χ0) is 26.3. The van der Waals surface area contributed by atoms with Crippen LogP contribution in [-0.2, 0) is 16.6 Å². The van der Waals surface area contributed by atoms with E-state index in [0.717, 1.165) is 43.5 Å². The highest BCUT2D eigenvalue weighted by Crippen LogP contribution is 2.57. The molecule has 2 aliphatic carbocycles. The minimum atomic E-state index is -4.56. The van der Waals surface area contributed by atoms with Crippen LogP contribution >= 0.6 is 0 Å². The second-order valence-electron chi connectivity index (χ2n) is 10.7. The summed E-state index contributed by atoms with van der Waals surface area (Å²) in [7, 11) is 0. The van der Waals surface area contributed by atoms with Crippen molar-refractivity contribution < 1.29 is 27.9 Å². The molecule has 1 aromatic carbocycles. The van der Waals surface area contributed by atoms with Gasteiger partial charge >= 0.3 is 6.18 Å². The lowest BCUT2D eigenvalue weighted by atomic mass is 9.61. The largest absolute Gasteiger partial charge is 0.416 e. The number of carbonyl (C=O) groups is 2. The van der Waals surface area contributed by atoms with E-state index in [9.17, 15) is 27.9 Å². The fourth-order valence-electron chi connectivity index (χ4n) is 6.96. The molecule has 2 unspecified atom stereocenters. The monoisotopic (exact) mass is 516 g/mol. The number of hydrogen-bond donors (Lipinski definition) is 4. The Hall–Kier alpha value is -2.98. The minimum absolute atomic E-state index is 0.153. The predicted molar refractivity (Wildman–Crippen MR) is 129 cm³/mol. The van der Waals surface area contributed by atoms with Gasteiger partial charge in [-0.1, -0.05) is 12.1 Å². The van der Waals surface area contributed by atoms with Crippen LogP contribution in [0.4, 0.5) is 13.2 Å². The molecule has 2 bridgehead atoms. The number of carbonyl (C=O) groups excluding carboxylic acids is 2. The van der Waals surface area contributed by atoms with E-state index in [0.29, 0.717) is 19.4 Å². The third kappa shape index (κ3) is 5.09. The van der Waals surface area contributed by atoms with Crippen LogP contribution in [0.1, 0.15) is 53.6 Å². The van der Waals surface area contributed by atoms with Crippen LogP contribution in [-0.4, -0.2) is 47.1 Å².